The zero-order chi connectivity index (χ0) is 10.7. The van der Waals surface area contributed by atoms with Crippen LogP contribution >= 0.6 is 0 Å². The molecule has 0 aromatic carbocycles. The predicted molar refractivity (Wildman–Crippen MR) is 58.8 cm³/mol. The fraction of sp³-hybridized carbons (Fsp3) is 0.917. The molecule has 15 heavy (non-hydrogen) atoms. The monoisotopic (exact) mass is 211 g/mol. The van der Waals surface area contributed by atoms with Crippen molar-refractivity contribution in [3.63, 3.8) is 0 Å². The molecule has 2 aliphatic rings. The molecule has 3 nitrogen and oxygen atoms in total. The van der Waals surface area contributed by atoms with Crippen LogP contribution < -0.4 is 0 Å². The highest BCUT2D eigenvalue weighted by Gasteiger charge is 2.45. The first-order chi connectivity index (χ1) is 7.23. The predicted octanol–water partition coefficient (Wildman–Crippen LogP) is 2.12. The zero-order valence-electron chi connectivity index (χ0n) is 9.37. The molecule has 2 fully saturated rings. The Morgan fingerprint density at radius 1 is 1.07 bits per heavy atom. The summed E-state index contributed by atoms with van der Waals surface area (Å²) >= 11 is 0. The van der Waals surface area contributed by atoms with Gasteiger partial charge in [0.2, 0.25) is 0 Å². The van der Waals surface area contributed by atoms with Crippen LogP contribution in [0, 0.1) is 5.41 Å². The quantitative estimate of drug-likeness (QED) is 0.777. The van der Waals surface area contributed by atoms with E-state index in [0.717, 1.165) is 38.9 Å². The van der Waals surface area contributed by atoms with Gasteiger partial charge in [-0.25, -0.2) is 0 Å². The average Bonchev–Trinajstić information content (AvgIpc) is 2.38. The minimum Gasteiger partial charge on any atom is -0.481 e. The van der Waals surface area contributed by atoms with Crippen molar-refractivity contribution in [2.45, 2.75) is 44.9 Å². The molecule has 0 bridgehead atoms. The molecule has 0 aromatic heterocycles. The van der Waals surface area contributed by atoms with E-state index in [-0.39, 0.29) is 5.41 Å². The van der Waals surface area contributed by atoms with E-state index >= 15 is 0 Å². The third-order valence-electron chi connectivity index (χ3n) is 3.99. The van der Waals surface area contributed by atoms with Crippen molar-refractivity contribution in [3.05, 3.63) is 0 Å². The van der Waals surface area contributed by atoms with Crippen molar-refractivity contribution in [2.75, 3.05) is 19.6 Å². The lowest BCUT2D eigenvalue weighted by atomic mass is 9.68. The average molecular weight is 211 g/mol. The number of carbonyl (C=O) groups is 1. The molecule has 1 saturated heterocycles. The minimum absolute atomic E-state index is 0.385. The highest BCUT2D eigenvalue weighted by Crippen LogP contribution is 2.42. The van der Waals surface area contributed by atoms with E-state index < -0.39 is 5.97 Å². The number of rotatable bonds is 3. The van der Waals surface area contributed by atoms with Crippen molar-refractivity contribution in [1.29, 1.82) is 0 Å². The summed E-state index contributed by atoms with van der Waals surface area (Å²) < 4.78 is 0. The highest BCUT2D eigenvalue weighted by atomic mass is 16.4. The Balaban J connectivity index is 1.90. The van der Waals surface area contributed by atoms with Gasteiger partial charge in [-0.2, -0.15) is 0 Å². The van der Waals surface area contributed by atoms with E-state index in [1.807, 2.05) is 0 Å². The molecule has 1 heterocycles. The second kappa shape index (κ2) is 4.52. The van der Waals surface area contributed by atoms with E-state index in [1.165, 1.54) is 25.7 Å². The normalized spacial score (nSPS) is 26.7. The molecule has 0 spiro atoms. The van der Waals surface area contributed by atoms with Crippen LogP contribution in [0.3, 0.4) is 0 Å². The fourth-order valence-corrected chi connectivity index (χ4v) is 2.77. The first kappa shape index (κ1) is 10.9. The Morgan fingerprint density at radius 3 is 2.07 bits per heavy atom. The van der Waals surface area contributed by atoms with Crippen LogP contribution in [0.15, 0.2) is 0 Å². The summed E-state index contributed by atoms with van der Waals surface area (Å²) in [6.07, 6.45) is 8.00. The standard InChI is InChI=1S/C12H21NO2/c14-11(15)12(6-5-7-12)10-13-8-3-1-2-4-9-13/h1-10H2,(H,14,15). The molecule has 1 saturated carbocycles. The van der Waals surface area contributed by atoms with Gasteiger partial charge >= 0.3 is 5.97 Å². The van der Waals surface area contributed by atoms with Crippen molar-refractivity contribution >= 4 is 5.97 Å². The number of carboxylic acids is 1. The van der Waals surface area contributed by atoms with Crippen LogP contribution in [0.1, 0.15) is 44.9 Å². The third-order valence-corrected chi connectivity index (χ3v) is 3.99. The molecule has 1 N–H and O–H groups in total. The molecule has 0 aromatic rings. The summed E-state index contributed by atoms with van der Waals surface area (Å²) in [6.45, 7) is 3.01. The maximum absolute atomic E-state index is 11.2. The molecule has 0 unspecified atom stereocenters. The van der Waals surface area contributed by atoms with Crippen molar-refractivity contribution in [3.8, 4) is 0 Å². The Bertz CT molecular complexity index is 228. The number of aliphatic carboxylic acids is 1. The molecule has 0 amide bonds. The molecule has 2 rings (SSSR count). The van der Waals surface area contributed by atoms with Gasteiger partial charge in [-0.1, -0.05) is 19.3 Å². The van der Waals surface area contributed by atoms with Crippen molar-refractivity contribution in [2.24, 2.45) is 5.41 Å². The molecule has 3 heteroatoms. The number of likely N-dealkylation sites (tertiary alicyclic amines) is 1. The molecular weight excluding hydrogens is 190 g/mol. The molecule has 1 aliphatic carbocycles. The van der Waals surface area contributed by atoms with Crippen molar-refractivity contribution < 1.29 is 9.90 Å². The summed E-state index contributed by atoms with van der Waals surface area (Å²) in [5.41, 5.74) is -0.385. The lowest BCUT2D eigenvalue weighted by molar-refractivity contribution is -0.156. The van der Waals surface area contributed by atoms with Crippen LogP contribution in [0.25, 0.3) is 0 Å². The number of carboxylic acid groups (broad SMARTS) is 1. The SMILES string of the molecule is O=C(O)C1(CN2CCCCCC2)CCC1. The van der Waals surface area contributed by atoms with E-state index in [9.17, 15) is 9.90 Å². The lowest BCUT2D eigenvalue weighted by Crippen LogP contribution is -2.48. The third kappa shape index (κ3) is 2.33. The first-order valence-corrected chi connectivity index (χ1v) is 6.19. The maximum atomic E-state index is 11.2. The Hall–Kier alpha value is -0.570. The van der Waals surface area contributed by atoms with Gasteiger partial charge in [-0.15, -0.1) is 0 Å². The van der Waals surface area contributed by atoms with Crippen LogP contribution in [0.4, 0.5) is 0 Å². The summed E-state index contributed by atoms with van der Waals surface area (Å²) in [4.78, 5) is 13.6. The van der Waals surface area contributed by atoms with Gasteiger partial charge in [0.25, 0.3) is 0 Å². The van der Waals surface area contributed by atoms with E-state index in [1.54, 1.807) is 0 Å². The highest BCUT2D eigenvalue weighted by molar-refractivity contribution is 5.76. The summed E-state index contributed by atoms with van der Waals surface area (Å²) in [5.74, 6) is -0.571. The van der Waals surface area contributed by atoms with Gasteiger partial charge in [0.05, 0.1) is 5.41 Å². The number of hydrogen-bond donors (Lipinski definition) is 1. The molecule has 1 aliphatic heterocycles. The maximum Gasteiger partial charge on any atom is 0.310 e. The van der Waals surface area contributed by atoms with Gasteiger partial charge in [0, 0.05) is 6.54 Å². The van der Waals surface area contributed by atoms with Gasteiger partial charge in [0.15, 0.2) is 0 Å². The summed E-state index contributed by atoms with van der Waals surface area (Å²) in [6, 6.07) is 0. The molecule has 86 valence electrons. The number of hydrogen-bond acceptors (Lipinski definition) is 2. The fourth-order valence-electron chi connectivity index (χ4n) is 2.77. The zero-order valence-corrected chi connectivity index (χ0v) is 9.37. The molecule has 0 radical (unpaired) electrons. The second-order valence-electron chi connectivity index (χ2n) is 5.13. The summed E-state index contributed by atoms with van der Waals surface area (Å²) in [5, 5.41) is 9.26. The van der Waals surface area contributed by atoms with E-state index in [2.05, 4.69) is 4.90 Å². The topological polar surface area (TPSA) is 40.5 Å². The largest absolute Gasteiger partial charge is 0.481 e. The number of nitrogens with zero attached hydrogens (tertiary/aromatic N) is 1. The minimum atomic E-state index is -0.571. The Labute approximate surface area is 91.5 Å². The van der Waals surface area contributed by atoms with Crippen molar-refractivity contribution in [1.82, 2.24) is 4.90 Å². The molecular formula is C12H21NO2. The van der Waals surface area contributed by atoms with Crippen LogP contribution in [0.2, 0.25) is 0 Å². The lowest BCUT2D eigenvalue weighted by Gasteiger charge is -2.41. The second-order valence-corrected chi connectivity index (χ2v) is 5.13. The van der Waals surface area contributed by atoms with Gasteiger partial charge in [0.1, 0.15) is 0 Å². The summed E-state index contributed by atoms with van der Waals surface area (Å²) in [7, 11) is 0. The van der Waals surface area contributed by atoms with Crippen LogP contribution in [0.5, 0.6) is 0 Å². The molecule has 0 atom stereocenters. The Morgan fingerprint density at radius 2 is 1.67 bits per heavy atom. The first-order valence-electron chi connectivity index (χ1n) is 6.19. The van der Waals surface area contributed by atoms with Crippen LogP contribution in [-0.2, 0) is 4.79 Å². The van der Waals surface area contributed by atoms with E-state index in [0.29, 0.717) is 0 Å². The van der Waals surface area contributed by atoms with Gasteiger partial charge in [-0.05, 0) is 38.8 Å². The van der Waals surface area contributed by atoms with Gasteiger partial charge < -0.3 is 10.0 Å². The smallest absolute Gasteiger partial charge is 0.310 e. The van der Waals surface area contributed by atoms with Crippen LogP contribution in [-0.4, -0.2) is 35.6 Å². The van der Waals surface area contributed by atoms with Gasteiger partial charge in [-0.3, -0.25) is 4.79 Å². The van der Waals surface area contributed by atoms with E-state index in [4.69, 9.17) is 0 Å². The Kier molecular flexibility index (Phi) is 3.29.